The number of rotatable bonds is 6. The fourth-order valence-electron chi connectivity index (χ4n) is 2.40. The van der Waals surface area contributed by atoms with E-state index in [9.17, 15) is 0 Å². The van der Waals surface area contributed by atoms with Crippen LogP contribution in [0.2, 0.25) is 5.25 Å². The molecule has 0 aromatic heterocycles. The molecule has 1 aliphatic heterocycles. The molecule has 0 saturated heterocycles. The van der Waals surface area contributed by atoms with E-state index in [2.05, 4.69) is 31.8 Å². The first-order chi connectivity index (χ1) is 6.83. The SMILES string of the molecule is CCCC1=[C](CCC)[GeH]([CH2]CC)[CH]=C1. The molecule has 1 aliphatic rings. The van der Waals surface area contributed by atoms with Crippen LogP contribution < -0.4 is 0 Å². The van der Waals surface area contributed by atoms with Crippen molar-refractivity contribution in [3.63, 3.8) is 0 Å². The van der Waals surface area contributed by atoms with Crippen LogP contribution >= 0.6 is 0 Å². The van der Waals surface area contributed by atoms with Crippen molar-refractivity contribution in [1.82, 2.24) is 0 Å². The second kappa shape index (κ2) is 6.50. The normalized spacial score (nSPS) is 20.9. The van der Waals surface area contributed by atoms with Crippen LogP contribution in [0.25, 0.3) is 0 Å². The van der Waals surface area contributed by atoms with Gasteiger partial charge in [0.2, 0.25) is 0 Å². The Morgan fingerprint density at radius 2 is 1.71 bits per heavy atom. The third kappa shape index (κ3) is 3.01. The predicted octanol–water partition coefficient (Wildman–Crippen LogP) is 4.17. The van der Waals surface area contributed by atoms with E-state index in [1.54, 1.807) is 5.57 Å². The van der Waals surface area contributed by atoms with E-state index < -0.39 is 14.3 Å². The average molecular weight is 253 g/mol. The maximum atomic E-state index is 2.62. The summed E-state index contributed by atoms with van der Waals surface area (Å²) in [5.41, 5.74) is 1.73. The third-order valence-electron chi connectivity index (χ3n) is 3.03. The first-order valence-corrected chi connectivity index (χ1v) is 10.6. The van der Waals surface area contributed by atoms with Crippen molar-refractivity contribution in [3.8, 4) is 0 Å². The summed E-state index contributed by atoms with van der Waals surface area (Å²) in [7, 11) is 0. The molecule has 0 N–H and O–H groups in total. The molecule has 1 heteroatoms. The molecule has 1 rings (SSSR count). The Morgan fingerprint density at radius 1 is 1.00 bits per heavy atom. The van der Waals surface area contributed by atoms with Crippen molar-refractivity contribution < 1.29 is 0 Å². The molecule has 14 heavy (non-hydrogen) atoms. The minimum absolute atomic E-state index is 1.09. The van der Waals surface area contributed by atoms with Gasteiger partial charge in [-0.15, -0.1) is 0 Å². The molecular formula is C13H24Ge. The molecule has 0 radical (unpaired) electrons. The zero-order chi connectivity index (χ0) is 10.4. The molecule has 80 valence electrons. The van der Waals surface area contributed by atoms with Gasteiger partial charge in [-0.3, -0.25) is 0 Å². The zero-order valence-electron chi connectivity index (χ0n) is 9.97. The van der Waals surface area contributed by atoms with E-state index >= 15 is 0 Å². The van der Waals surface area contributed by atoms with Crippen molar-refractivity contribution in [1.29, 1.82) is 0 Å². The second-order valence-electron chi connectivity index (χ2n) is 4.30. The van der Waals surface area contributed by atoms with E-state index in [0.29, 0.717) is 0 Å². The van der Waals surface area contributed by atoms with Crippen molar-refractivity contribution >= 4 is 14.3 Å². The predicted molar refractivity (Wildman–Crippen MR) is 68.2 cm³/mol. The van der Waals surface area contributed by atoms with Crippen LogP contribution in [0, 0.1) is 0 Å². The van der Waals surface area contributed by atoms with Crippen molar-refractivity contribution in [3.05, 3.63) is 21.0 Å². The van der Waals surface area contributed by atoms with Crippen LogP contribution in [0.1, 0.15) is 52.9 Å². The molecule has 0 aliphatic carbocycles. The van der Waals surface area contributed by atoms with Gasteiger partial charge < -0.3 is 0 Å². The summed E-state index contributed by atoms with van der Waals surface area (Å²) in [6.07, 6.45) is 9.24. The summed E-state index contributed by atoms with van der Waals surface area (Å²) in [4.78, 5) is 2.62. The van der Waals surface area contributed by atoms with Crippen LogP contribution in [-0.4, -0.2) is 14.3 Å². The number of allylic oxidation sites excluding steroid dienone is 3. The quantitative estimate of drug-likeness (QED) is 0.623. The Bertz CT molecular complexity index is 225. The van der Waals surface area contributed by atoms with Crippen LogP contribution in [0.5, 0.6) is 0 Å². The summed E-state index contributed by atoms with van der Waals surface area (Å²) >= 11 is -1.09. The van der Waals surface area contributed by atoms with Crippen molar-refractivity contribution in [2.45, 2.75) is 58.1 Å². The Balaban J connectivity index is 2.67. The summed E-state index contributed by atoms with van der Waals surface area (Å²) in [5.74, 6) is 0. The van der Waals surface area contributed by atoms with Crippen molar-refractivity contribution in [2.75, 3.05) is 0 Å². The van der Waals surface area contributed by atoms with E-state index in [4.69, 9.17) is 0 Å². The molecule has 0 aromatic rings. The summed E-state index contributed by atoms with van der Waals surface area (Å²) < 4.78 is 1.93. The second-order valence-corrected chi connectivity index (χ2v) is 10.3. The molecule has 0 fully saturated rings. The van der Waals surface area contributed by atoms with Gasteiger partial charge >= 0.3 is 93.4 Å². The number of hydrogen-bond acceptors (Lipinski definition) is 0. The molecule has 1 heterocycles. The third-order valence-corrected chi connectivity index (χ3v) is 10.2. The molecule has 0 bridgehead atoms. The number of hydrogen-bond donors (Lipinski definition) is 0. The molecule has 0 nitrogen and oxygen atoms in total. The molecule has 0 saturated carbocycles. The maximum absolute atomic E-state index is 2.62. The van der Waals surface area contributed by atoms with Gasteiger partial charge in [0, 0.05) is 0 Å². The van der Waals surface area contributed by atoms with Crippen LogP contribution in [-0.2, 0) is 0 Å². The van der Waals surface area contributed by atoms with Gasteiger partial charge in [0.05, 0.1) is 0 Å². The topological polar surface area (TPSA) is 0 Å². The first kappa shape index (κ1) is 12.1. The van der Waals surface area contributed by atoms with E-state index in [-0.39, 0.29) is 0 Å². The van der Waals surface area contributed by atoms with Crippen LogP contribution in [0.15, 0.2) is 21.0 Å². The zero-order valence-corrected chi connectivity index (χ0v) is 12.4. The Morgan fingerprint density at radius 3 is 2.29 bits per heavy atom. The van der Waals surface area contributed by atoms with E-state index in [0.717, 1.165) is 0 Å². The fourth-order valence-corrected chi connectivity index (χ4v) is 9.19. The van der Waals surface area contributed by atoms with Crippen molar-refractivity contribution in [2.24, 2.45) is 0 Å². The standard InChI is InChI=1S/C13H24Ge/c1-4-7-12-9-11-14(10-6-3)13(12)8-5-2/h9,11,14H,4-8,10H2,1-3H3. The Labute approximate surface area is 93.6 Å². The van der Waals surface area contributed by atoms with E-state index in [1.165, 1.54) is 37.4 Å². The van der Waals surface area contributed by atoms with Gasteiger partial charge in [-0.25, -0.2) is 0 Å². The van der Waals surface area contributed by atoms with Crippen LogP contribution in [0.3, 0.4) is 0 Å². The molecule has 0 aromatic carbocycles. The summed E-state index contributed by atoms with van der Waals surface area (Å²) in [6, 6.07) is 0. The van der Waals surface area contributed by atoms with Gasteiger partial charge in [0.1, 0.15) is 0 Å². The average Bonchev–Trinajstić information content (AvgIpc) is 2.52. The van der Waals surface area contributed by atoms with Gasteiger partial charge in [0.25, 0.3) is 0 Å². The molecule has 0 spiro atoms. The first-order valence-electron chi connectivity index (χ1n) is 6.23. The molecule has 1 atom stereocenters. The van der Waals surface area contributed by atoms with Crippen LogP contribution in [0.4, 0.5) is 0 Å². The summed E-state index contributed by atoms with van der Waals surface area (Å²) in [5, 5.41) is 1.53. The Hall–Kier alpha value is 0.0229. The van der Waals surface area contributed by atoms with Gasteiger partial charge in [0.15, 0.2) is 0 Å². The van der Waals surface area contributed by atoms with E-state index in [1.807, 2.05) is 4.41 Å². The monoisotopic (exact) mass is 254 g/mol. The molecule has 1 unspecified atom stereocenters. The van der Waals surface area contributed by atoms with Gasteiger partial charge in [-0.2, -0.15) is 0 Å². The molecule has 0 amide bonds. The van der Waals surface area contributed by atoms with Gasteiger partial charge in [-0.05, 0) is 0 Å². The minimum atomic E-state index is -1.09. The molecular weight excluding hydrogens is 229 g/mol. The summed E-state index contributed by atoms with van der Waals surface area (Å²) in [6.45, 7) is 6.95. The fraction of sp³-hybridized carbons (Fsp3) is 0.692. The van der Waals surface area contributed by atoms with Gasteiger partial charge in [-0.1, -0.05) is 0 Å². The Kier molecular flexibility index (Phi) is 5.61.